The molecule has 0 fully saturated rings. The maximum Gasteiger partial charge on any atom is 0.407 e. The van der Waals surface area contributed by atoms with Gasteiger partial charge in [0.25, 0.3) is 0 Å². The van der Waals surface area contributed by atoms with Gasteiger partial charge in [0.15, 0.2) is 0 Å². The molecule has 1 aliphatic heterocycles. The fourth-order valence-electron chi connectivity index (χ4n) is 2.73. The number of rotatable bonds is 4. The number of alkyl carbamates (subject to hydrolysis) is 1. The van der Waals surface area contributed by atoms with Crippen LogP contribution in [0.3, 0.4) is 0 Å². The molecular formula is C23H29NO5. The molecular weight excluding hydrogens is 370 g/mol. The molecule has 1 aromatic carbocycles. The Hall–Kier alpha value is -2.78. The van der Waals surface area contributed by atoms with E-state index in [1.54, 1.807) is 19.1 Å². The number of hydrogen-bond acceptors (Lipinski definition) is 5. The molecule has 0 saturated carbocycles. The van der Waals surface area contributed by atoms with Crippen molar-refractivity contribution in [1.29, 1.82) is 0 Å². The van der Waals surface area contributed by atoms with Crippen molar-refractivity contribution < 1.29 is 23.8 Å². The zero-order chi connectivity index (χ0) is 21.4. The molecule has 0 saturated heterocycles. The lowest BCUT2D eigenvalue weighted by atomic mass is 9.87. The molecule has 0 aromatic heterocycles. The van der Waals surface area contributed by atoms with Gasteiger partial charge in [0.05, 0.1) is 0 Å². The van der Waals surface area contributed by atoms with Crippen LogP contribution in [0.5, 0.6) is 0 Å². The molecule has 29 heavy (non-hydrogen) atoms. The van der Waals surface area contributed by atoms with Crippen LogP contribution in [-0.2, 0) is 24.4 Å². The standard InChI is InChI=1S/C23H29NO5/c1-6-24-22(26)27-15-21-20(28-16(2)25)14-13-19(29-21)12-9-17-7-10-18(11-8-17)23(3,4)5/h7-8,10-11,13-14,19-21H,6,15H2,1-5H3,(H,24,26)/t19-,20-,21-/m1/s1. The van der Waals surface area contributed by atoms with E-state index in [4.69, 9.17) is 14.2 Å². The van der Waals surface area contributed by atoms with Gasteiger partial charge in [-0.05, 0) is 42.2 Å². The van der Waals surface area contributed by atoms with E-state index in [1.165, 1.54) is 12.5 Å². The molecule has 1 amide bonds. The van der Waals surface area contributed by atoms with Gasteiger partial charge in [-0.3, -0.25) is 4.79 Å². The van der Waals surface area contributed by atoms with E-state index in [0.29, 0.717) is 6.54 Å². The van der Waals surface area contributed by atoms with Crippen molar-refractivity contribution in [2.75, 3.05) is 13.2 Å². The Kier molecular flexibility index (Phi) is 7.86. The lowest BCUT2D eigenvalue weighted by Gasteiger charge is -2.29. The summed E-state index contributed by atoms with van der Waals surface area (Å²) in [6.45, 7) is 10.0. The minimum absolute atomic E-state index is 0.0490. The van der Waals surface area contributed by atoms with E-state index in [9.17, 15) is 9.59 Å². The van der Waals surface area contributed by atoms with E-state index in [1.807, 2.05) is 12.1 Å². The average Bonchev–Trinajstić information content (AvgIpc) is 2.65. The quantitative estimate of drug-likeness (QED) is 0.478. The number of nitrogens with one attached hydrogen (secondary N) is 1. The molecule has 6 heteroatoms. The van der Waals surface area contributed by atoms with Gasteiger partial charge in [0.1, 0.15) is 24.9 Å². The SMILES string of the molecule is CCNC(=O)OC[C@H]1O[C@H](C#Cc2ccc(C(C)(C)C)cc2)C=C[C@H]1OC(C)=O. The molecule has 2 rings (SSSR count). The number of benzene rings is 1. The third-order valence-electron chi connectivity index (χ3n) is 4.27. The molecule has 0 unspecified atom stereocenters. The van der Waals surface area contributed by atoms with Crippen molar-refractivity contribution in [2.45, 2.75) is 58.3 Å². The van der Waals surface area contributed by atoms with E-state index < -0.39 is 30.4 Å². The molecule has 1 aromatic rings. The molecule has 1 aliphatic rings. The first-order valence-electron chi connectivity index (χ1n) is 9.72. The zero-order valence-electron chi connectivity index (χ0n) is 17.7. The highest BCUT2D eigenvalue weighted by molar-refractivity contribution is 5.67. The molecule has 3 atom stereocenters. The highest BCUT2D eigenvalue weighted by Crippen LogP contribution is 2.22. The Labute approximate surface area is 172 Å². The topological polar surface area (TPSA) is 73.9 Å². The summed E-state index contributed by atoms with van der Waals surface area (Å²) in [5.41, 5.74) is 2.21. The third kappa shape index (κ3) is 7.28. The van der Waals surface area contributed by atoms with Crippen LogP contribution in [0.2, 0.25) is 0 Å². The predicted octanol–water partition coefficient (Wildman–Crippen LogP) is 3.34. The van der Waals surface area contributed by atoms with Crippen LogP contribution in [0.1, 0.15) is 45.7 Å². The summed E-state index contributed by atoms with van der Waals surface area (Å²) in [5.74, 6) is 5.72. The first kappa shape index (κ1) is 22.5. The van der Waals surface area contributed by atoms with Crippen molar-refractivity contribution in [3.63, 3.8) is 0 Å². The fraction of sp³-hybridized carbons (Fsp3) is 0.478. The maximum atomic E-state index is 11.6. The largest absolute Gasteiger partial charge is 0.455 e. The molecule has 1 N–H and O–H groups in total. The Morgan fingerprint density at radius 3 is 2.45 bits per heavy atom. The van der Waals surface area contributed by atoms with Crippen molar-refractivity contribution in [3.05, 3.63) is 47.5 Å². The van der Waals surface area contributed by atoms with E-state index in [0.717, 1.165) is 5.56 Å². The Bertz CT molecular complexity index is 795. The predicted molar refractivity (Wildman–Crippen MR) is 110 cm³/mol. The number of hydrogen-bond donors (Lipinski definition) is 1. The van der Waals surface area contributed by atoms with Crippen molar-refractivity contribution in [2.24, 2.45) is 0 Å². The van der Waals surface area contributed by atoms with E-state index >= 15 is 0 Å². The van der Waals surface area contributed by atoms with Gasteiger partial charge in [-0.2, -0.15) is 0 Å². The highest BCUT2D eigenvalue weighted by atomic mass is 16.6. The zero-order valence-corrected chi connectivity index (χ0v) is 17.7. The molecule has 156 valence electrons. The van der Waals surface area contributed by atoms with Crippen molar-refractivity contribution in [3.8, 4) is 11.8 Å². The van der Waals surface area contributed by atoms with Crippen LogP contribution in [0.15, 0.2) is 36.4 Å². The first-order chi connectivity index (χ1) is 13.7. The first-order valence-corrected chi connectivity index (χ1v) is 9.72. The summed E-state index contributed by atoms with van der Waals surface area (Å²) in [6.07, 6.45) is 1.16. The van der Waals surface area contributed by atoms with Crippen LogP contribution in [0.25, 0.3) is 0 Å². The molecule has 0 aliphatic carbocycles. The lowest BCUT2D eigenvalue weighted by Crippen LogP contribution is -2.42. The van der Waals surface area contributed by atoms with Gasteiger partial charge in [0.2, 0.25) is 0 Å². The number of amides is 1. The van der Waals surface area contributed by atoms with Crippen LogP contribution >= 0.6 is 0 Å². The number of carbonyl (C=O) groups is 2. The Morgan fingerprint density at radius 1 is 1.17 bits per heavy atom. The van der Waals surface area contributed by atoms with Gasteiger partial charge in [0, 0.05) is 19.0 Å². The minimum Gasteiger partial charge on any atom is -0.455 e. The fourth-order valence-corrected chi connectivity index (χ4v) is 2.73. The Morgan fingerprint density at radius 2 is 1.86 bits per heavy atom. The smallest absolute Gasteiger partial charge is 0.407 e. The number of esters is 1. The number of carbonyl (C=O) groups excluding carboxylic acids is 2. The normalized spacial score (nSPS) is 20.9. The molecule has 0 bridgehead atoms. The average molecular weight is 399 g/mol. The number of ether oxygens (including phenoxy) is 3. The summed E-state index contributed by atoms with van der Waals surface area (Å²) >= 11 is 0. The van der Waals surface area contributed by atoms with Crippen LogP contribution in [-0.4, -0.2) is 43.5 Å². The van der Waals surface area contributed by atoms with Gasteiger partial charge in [-0.15, -0.1) is 0 Å². The van der Waals surface area contributed by atoms with Crippen LogP contribution < -0.4 is 5.32 Å². The summed E-state index contributed by atoms with van der Waals surface area (Å²) < 4.78 is 16.3. The summed E-state index contributed by atoms with van der Waals surface area (Å²) in [5, 5.41) is 2.54. The van der Waals surface area contributed by atoms with Crippen molar-refractivity contribution >= 4 is 12.1 Å². The van der Waals surface area contributed by atoms with Gasteiger partial charge in [-0.1, -0.05) is 44.7 Å². The summed E-state index contributed by atoms with van der Waals surface area (Å²) in [4.78, 5) is 22.9. The van der Waals surface area contributed by atoms with Crippen LogP contribution in [0.4, 0.5) is 4.79 Å². The van der Waals surface area contributed by atoms with Gasteiger partial charge >= 0.3 is 12.1 Å². The molecule has 1 heterocycles. The molecule has 0 spiro atoms. The second-order valence-electron chi connectivity index (χ2n) is 7.78. The molecule has 0 radical (unpaired) electrons. The monoisotopic (exact) mass is 399 g/mol. The Balaban J connectivity index is 2.07. The van der Waals surface area contributed by atoms with Crippen LogP contribution in [0, 0.1) is 11.8 Å². The van der Waals surface area contributed by atoms with E-state index in [-0.39, 0.29) is 12.0 Å². The minimum atomic E-state index is -0.633. The molecule has 6 nitrogen and oxygen atoms in total. The summed E-state index contributed by atoms with van der Waals surface area (Å²) in [6, 6.07) is 8.11. The summed E-state index contributed by atoms with van der Waals surface area (Å²) in [7, 11) is 0. The highest BCUT2D eigenvalue weighted by Gasteiger charge is 2.30. The second kappa shape index (κ2) is 10.1. The van der Waals surface area contributed by atoms with Gasteiger partial charge < -0.3 is 19.5 Å². The maximum absolute atomic E-state index is 11.6. The van der Waals surface area contributed by atoms with Gasteiger partial charge in [-0.25, -0.2) is 4.79 Å². The third-order valence-corrected chi connectivity index (χ3v) is 4.27. The second-order valence-corrected chi connectivity index (χ2v) is 7.78. The lowest BCUT2D eigenvalue weighted by molar-refractivity contribution is -0.155. The van der Waals surface area contributed by atoms with Crippen molar-refractivity contribution in [1.82, 2.24) is 5.32 Å². The van der Waals surface area contributed by atoms with E-state index in [2.05, 4.69) is 50.1 Å².